The highest BCUT2D eigenvalue weighted by Gasteiger charge is 2.71. The van der Waals surface area contributed by atoms with Crippen LogP contribution in [-0.2, 0) is 33.3 Å². The topological polar surface area (TPSA) is 122 Å². The second kappa shape index (κ2) is 10.8. The first-order chi connectivity index (χ1) is 18.0. The van der Waals surface area contributed by atoms with Crippen LogP contribution in [0, 0.1) is 28.6 Å². The van der Waals surface area contributed by atoms with Gasteiger partial charge in [0.1, 0.15) is 5.78 Å². The molecule has 9 nitrogen and oxygen atoms in total. The van der Waals surface area contributed by atoms with E-state index in [1.165, 1.54) is 0 Å². The zero-order valence-electron chi connectivity index (χ0n) is 23.0. The van der Waals surface area contributed by atoms with Crippen molar-refractivity contribution in [1.29, 1.82) is 0 Å². The molecule has 4 rings (SSSR count). The molecule has 0 aliphatic heterocycles. The van der Waals surface area contributed by atoms with E-state index < -0.39 is 35.7 Å². The van der Waals surface area contributed by atoms with E-state index in [-0.39, 0.29) is 60.8 Å². The Morgan fingerprint density at radius 2 is 1.74 bits per heavy atom. The number of fused-ring (bicyclic) bond motifs is 5. The Kier molecular flexibility index (Phi) is 8.05. The third kappa shape index (κ3) is 4.66. The minimum Gasteiger partial charge on any atom is -0.435 e. The number of ether oxygens (including phenoxy) is 4. The van der Waals surface area contributed by atoms with Crippen molar-refractivity contribution in [2.24, 2.45) is 28.6 Å². The molecule has 38 heavy (non-hydrogen) atoms. The highest BCUT2D eigenvalue weighted by molar-refractivity contribution is 5.95. The van der Waals surface area contributed by atoms with Gasteiger partial charge < -0.3 is 18.9 Å². The van der Waals surface area contributed by atoms with Gasteiger partial charge in [-0.2, -0.15) is 0 Å². The molecule has 0 bridgehead atoms. The van der Waals surface area contributed by atoms with E-state index in [1.807, 2.05) is 13.8 Å². The number of allylic oxidation sites excluding steroid dienone is 1. The van der Waals surface area contributed by atoms with E-state index in [9.17, 15) is 24.0 Å². The molecule has 0 unspecified atom stereocenters. The number of hydrogen-bond acceptors (Lipinski definition) is 9. The Balaban J connectivity index is 1.66. The van der Waals surface area contributed by atoms with Crippen molar-refractivity contribution < 1.29 is 42.9 Å². The van der Waals surface area contributed by atoms with Gasteiger partial charge in [0.25, 0.3) is 0 Å². The Morgan fingerprint density at radius 1 is 0.974 bits per heavy atom. The summed E-state index contributed by atoms with van der Waals surface area (Å²) >= 11 is 0. The first-order valence-corrected chi connectivity index (χ1v) is 14.0. The maximum atomic E-state index is 14.0. The lowest BCUT2D eigenvalue weighted by Crippen LogP contribution is -2.62. The molecule has 6 atom stereocenters. The Hall–Kier alpha value is -2.71. The van der Waals surface area contributed by atoms with Crippen molar-refractivity contribution in [3.05, 3.63) is 11.6 Å². The summed E-state index contributed by atoms with van der Waals surface area (Å²) in [6.45, 7) is 7.18. The van der Waals surface area contributed by atoms with E-state index in [4.69, 9.17) is 18.9 Å². The summed E-state index contributed by atoms with van der Waals surface area (Å²) in [5.41, 5.74) is -1.96. The fourth-order valence-electron chi connectivity index (χ4n) is 7.93. The van der Waals surface area contributed by atoms with Crippen LogP contribution in [-0.4, -0.2) is 55.1 Å². The molecule has 0 aromatic rings. The molecule has 0 heterocycles. The van der Waals surface area contributed by atoms with Crippen LogP contribution < -0.4 is 0 Å². The first kappa shape index (κ1) is 28.3. The van der Waals surface area contributed by atoms with Crippen LogP contribution in [0.15, 0.2) is 11.6 Å². The van der Waals surface area contributed by atoms with Gasteiger partial charge in [0.05, 0.1) is 13.2 Å². The molecule has 0 aromatic carbocycles. The largest absolute Gasteiger partial charge is 0.509 e. The molecule has 0 amide bonds. The predicted molar refractivity (Wildman–Crippen MR) is 135 cm³/mol. The normalized spacial score (nSPS) is 35.8. The second-order valence-corrected chi connectivity index (χ2v) is 11.7. The number of rotatable bonds is 8. The maximum Gasteiger partial charge on any atom is 0.509 e. The molecule has 9 heteroatoms. The van der Waals surface area contributed by atoms with E-state index in [0.29, 0.717) is 25.7 Å². The van der Waals surface area contributed by atoms with E-state index in [2.05, 4.69) is 6.92 Å². The predicted octanol–water partition coefficient (Wildman–Crippen LogP) is 5.13. The molecular formula is C29H40O9. The molecule has 4 aliphatic rings. The average Bonchev–Trinajstić information content (AvgIpc) is 3.15. The SMILES string of the molecule is CCCCOC(=O)O[C@]1(C(=O)COC(=O)OCC)CC[C@H]2[C@@H]3CCC4=CC(=O)CC[C@]4(C)[C@H]3C(=O)C[C@@]21C. The molecular weight excluding hydrogens is 492 g/mol. The van der Waals surface area contributed by atoms with Crippen molar-refractivity contribution in [3.8, 4) is 0 Å². The van der Waals surface area contributed by atoms with Crippen LogP contribution in [0.3, 0.4) is 0 Å². The van der Waals surface area contributed by atoms with E-state index in [1.54, 1.807) is 13.0 Å². The highest BCUT2D eigenvalue weighted by Crippen LogP contribution is 2.67. The fourth-order valence-corrected chi connectivity index (χ4v) is 7.93. The van der Waals surface area contributed by atoms with Crippen LogP contribution in [0.4, 0.5) is 9.59 Å². The summed E-state index contributed by atoms with van der Waals surface area (Å²) in [7, 11) is 0. The fraction of sp³-hybridized carbons (Fsp3) is 0.759. The van der Waals surface area contributed by atoms with Gasteiger partial charge in [0.2, 0.25) is 5.78 Å². The quantitative estimate of drug-likeness (QED) is 0.309. The minimum absolute atomic E-state index is 0.00281. The van der Waals surface area contributed by atoms with Crippen molar-refractivity contribution in [1.82, 2.24) is 0 Å². The van der Waals surface area contributed by atoms with Gasteiger partial charge in [-0.3, -0.25) is 14.4 Å². The van der Waals surface area contributed by atoms with Gasteiger partial charge in [-0.15, -0.1) is 0 Å². The molecule has 210 valence electrons. The summed E-state index contributed by atoms with van der Waals surface area (Å²) < 4.78 is 21.0. The monoisotopic (exact) mass is 532 g/mol. The van der Waals surface area contributed by atoms with E-state index >= 15 is 0 Å². The first-order valence-electron chi connectivity index (χ1n) is 14.0. The number of carbonyl (C=O) groups is 5. The summed E-state index contributed by atoms with van der Waals surface area (Å²) in [4.78, 5) is 64.6. The van der Waals surface area contributed by atoms with Crippen LogP contribution in [0.2, 0.25) is 0 Å². The summed E-state index contributed by atoms with van der Waals surface area (Å²) in [6.07, 6.45) is 4.69. The molecule has 0 N–H and O–H groups in total. The molecule has 3 saturated carbocycles. The van der Waals surface area contributed by atoms with E-state index in [0.717, 1.165) is 24.8 Å². The minimum atomic E-state index is -1.66. The lowest BCUT2D eigenvalue weighted by Gasteiger charge is -2.57. The van der Waals surface area contributed by atoms with Crippen LogP contribution in [0.1, 0.15) is 85.5 Å². The maximum absolute atomic E-state index is 14.0. The number of unbranched alkanes of at least 4 members (excludes halogenated alkanes) is 1. The van der Waals surface area contributed by atoms with Gasteiger partial charge in [-0.05, 0) is 68.8 Å². The highest BCUT2D eigenvalue weighted by atomic mass is 16.7. The third-order valence-corrected chi connectivity index (χ3v) is 9.78. The van der Waals surface area contributed by atoms with Crippen LogP contribution >= 0.6 is 0 Å². The van der Waals surface area contributed by atoms with Gasteiger partial charge in [0, 0.05) is 24.2 Å². The van der Waals surface area contributed by atoms with Crippen LogP contribution in [0.5, 0.6) is 0 Å². The van der Waals surface area contributed by atoms with Gasteiger partial charge in [-0.25, -0.2) is 9.59 Å². The summed E-state index contributed by atoms with van der Waals surface area (Å²) in [5.74, 6) is -0.726. The lowest BCUT2D eigenvalue weighted by molar-refractivity contribution is -0.175. The Labute approximate surface area is 224 Å². The number of ketones is 3. The smallest absolute Gasteiger partial charge is 0.435 e. The van der Waals surface area contributed by atoms with Crippen molar-refractivity contribution in [2.45, 2.75) is 91.1 Å². The average molecular weight is 533 g/mol. The zero-order valence-corrected chi connectivity index (χ0v) is 23.0. The number of hydrogen-bond donors (Lipinski definition) is 0. The number of carbonyl (C=O) groups excluding carboxylic acids is 5. The van der Waals surface area contributed by atoms with Gasteiger partial charge >= 0.3 is 12.3 Å². The molecule has 4 aliphatic carbocycles. The zero-order chi connectivity index (χ0) is 27.7. The summed E-state index contributed by atoms with van der Waals surface area (Å²) in [6, 6.07) is 0. The second-order valence-electron chi connectivity index (χ2n) is 11.7. The Bertz CT molecular complexity index is 1030. The van der Waals surface area contributed by atoms with Crippen molar-refractivity contribution in [2.75, 3.05) is 19.8 Å². The molecule has 0 aromatic heterocycles. The van der Waals surface area contributed by atoms with Crippen molar-refractivity contribution in [3.63, 3.8) is 0 Å². The molecule has 0 saturated heterocycles. The third-order valence-electron chi connectivity index (χ3n) is 9.78. The van der Waals surface area contributed by atoms with Gasteiger partial charge in [0.15, 0.2) is 18.0 Å². The molecule has 3 fully saturated rings. The van der Waals surface area contributed by atoms with Crippen LogP contribution in [0.25, 0.3) is 0 Å². The van der Waals surface area contributed by atoms with Crippen molar-refractivity contribution >= 4 is 29.7 Å². The lowest BCUT2D eigenvalue weighted by atomic mass is 9.46. The Morgan fingerprint density at radius 3 is 2.45 bits per heavy atom. The number of Topliss-reactive ketones (excluding diaryl/α,β-unsaturated/α-hetero) is 2. The molecule has 0 spiro atoms. The summed E-state index contributed by atoms with van der Waals surface area (Å²) in [5, 5.41) is 0. The standard InChI is InChI=1S/C29H40O9/c1-5-7-14-36-26(34)38-29(23(32)17-37-25(33)35-6-2)13-11-21-20-9-8-18-15-19(30)10-12-27(18,3)24(20)22(31)16-28(21,29)4/h15,20-21,24H,5-14,16-17H2,1-4H3/t20-,21-,24+,27-,28-,29-/m0/s1. The molecule has 0 radical (unpaired) electrons. The van der Waals surface area contributed by atoms with Gasteiger partial charge in [-0.1, -0.05) is 32.8 Å².